The van der Waals surface area contributed by atoms with Crippen LogP contribution < -0.4 is 20.1 Å². The number of esters is 1. The second-order valence-corrected chi connectivity index (χ2v) is 13.8. The van der Waals surface area contributed by atoms with E-state index in [4.69, 9.17) is 18.9 Å². The normalized spacial score (nSPS) is 11.7. The maximum absolute atomic E-state index is 13.7. The van der Waals surface area contributed by atoms with Crippen molar-refractivity contribution in [3.8, 4) is 22.6 Å². The molecule has 0 heterocycles. The van der Waals surface area contributed by atoms with Gasteiger partial charge in [0.2, 0.25) is 5.91 Å². The van der Waals surface area contributed by atoms with Gasteiger partial charge in [-0.15, -0.1) is 0 Å². The number of hydrogen-bond donors (Lipinski definition) is 2. The number of carbonyl (C=O) groups is 4. The number of rotatable bonds is 16. The molecule has 5 rings (SSSR count). The molecule has 1 atom stereocenters. The van der Waals surface area contributed by atoms with Crippen molar-refractivity contribution in [1.82, 2.24) is 5.32 Å². The van der Waals surface area contributed by atoms with E-state index in [1.807, 2.05) is 72.8 Å². The van der Waals surface area contributed by atoms with Crippen molar-refractivity contribution in [2.45, 2.75) is 45.6 Å². The van der Waals surface area contributed by atoms with E-state index in [1.54, 1.807) is 45.0 Å². The molecule has 0 unspecified atom stereocenters. The fraction of sp³-hybridized carbons (Fsp3) is 0.273. The number of fused-ring (bicyclic) bond motifs is 2. The zero-order valence-corrected chi connectivity index (χ0v) is 31.1. The second kappa shape index (κ2) is 18.1. The Bertz CT molecular complexity index is 2150. The van der Waals surface area contributed by atoms with Gasteiger partial charge in [0.1, 0.15) is 30.3 Å². The molecule has 0 saturated heterocycles. The van der Waals surface area contributed by atoms with Gasteiger partial charge in [0.05, 0.1) is 12.7 Å². The molecule has 0 aliphatic rings. The number of Topliss-reactive ketones (excluding diaryl/α,β-unsaturated/α-hetero) is 1. The number of ether oxygens (including phenoxy) is 4. The minimum Gasteiger partial charge on any atom is -0.489 e. The number of nitrogens with one attached hydrogen (secondary N) is 2. The summed E-state index contributed by atoms with van der Waals surface area (Å²) in [6.07, 6.45) is 1.68. The number of hydrogen-bond acceptors (Lipinski definition) is 8. The van der Waals surface area contributed by atoms with Crippen LogP contribution in [0.15, 0.2) is 110 Å². The Morgan fingerprint density at radius 2 is 1.43 bits per heavy atom. The van der Waals surface area contributed by atoms with E-state index in [0.29, 0.717) is 30.2 Å². The molecule has 5 aromatic carbocycles. The summed E-state index contributed by atoms with van der Waals surface area (Å²) in [5, 5.41) is 9.43. The van der Waals surface area contributed by atoms with Crippen LogP contribution in [0.5, 0.6) is 11.5 Å². The van der Waals surface area contributed by atoms with Gasteiger partial charge in [-0.05, 0) is 85.5 Å². The molecule has 2 N–H and O–H groups in total. The van der Waals surface area contributed by atoms with Crippen LogP contribution in [0.4, 0.5) is 10.5 Å². The minimum atomic E-state index is -0.767. The summed E-state index contributed by atoms with van der Waals surface area (Å²) in [5.41, 5.74) is 1.61. The van der Waals surface area contributed by atoms with Gasteiger partial charge in [-0.25, -0.2) is 9.59 Å². The summed E-state index contributed by atoms with van der Waals surface area (Å²) in [6, 6.07) is 30.1. The molecule has 0 aliphatic carbocycles. The van der Waals surface area contributed by atoms with Gasteiger partial charge >= 0.3 is 12.1 Å². The average Bonchev–Trinajstić information content (AvgIpc) is 3.16. The lowest BCUT2D eigenvalue weighted by Crippen LogP contribution is -2.33. The number of anilines is 1. The van der Waals surface area contributed by atoms with Gasteiger partial charge in [-0.1, -0.05) is 79.4 Å². The minimum absolute atomic E-state index is 0.125. The van der Waals surface area contributed by atoms with Crippen LogP contribution in [-0.4, -0.2) is 56.2 Å². The first-order valence-corrected chi connectivity index (χ1v) is 17.9. The van der Waals surface area contributed by atoms with Crippen LogP contribution in [0.3, 0.4) is 0 Å². The quantitative estimate of drug-likeness (QED) is 0.0585. The van der Waals surface area contributed by atoms with E-state index >= 15 is 0 Å². The van der Waals surface area contributed by atoms with Crippen LogP contribution >= 0.6 is 0 Å². The number of amides is 2. The van der Waals surface area contributed by atoms with Gasteiger partial charge in [0, 0.05) is 35.7 Å². The SMILES string of the molecule is C=CCOc1ccc2ccccc2c1-c1c(OCC(=O)C[C@H](CCCNC(=O)OC(C)(C)C)C(=O)Nc2cccc(C(=O)OC)c2)ccc2ccccc12. The lowest BCUT2D eigenvalue weighted by atomic mass is 9.92. The highest BCUT2D eigenvalue weighted by atomic mass is 16.6. The second-order valence-electron chi connectivity index (χ2n) is 13.8. The summed E-state index contributed by atoms with van der Waals surface area (Å²) < 4.78 is 22.7. The van der Waals surface area contributed by atoms with Crippen molar-refractivity contribution in [2.24, 2.45) is 5.92 Å². The van der Waals surface area contributed by atoms with Crippen molar-refractivity contribution in [3.63, 3.8) is 0 Å². The fourth-order valence-electron chi connectivity index (χ4n) is 6.17. The van der Waals surface area contributed by atoms with Gasteiger partial charge in [-0.2, -0.15) is 0 Å². The van der Waals surface area contributed by atoms with E-state index in [1.165, 1.54) is 13.2 Å². The predicted octanol–water partition coefficient (Wildman–Crippen LogP) is 8.91. The Hall–Kier alpha value is -6.16. The van der Waals surface area contributed by atoms with E-state index in [0.717, 1.165) is 32.7 Å². The van der Waals surface area contributed by atoms with Crippen LogP contribution in [-0.2, 0) is 19.1 Å². The van der Waals surface area contributed by atoms with Crippen molar-refractivity contribution in [2.75, 3.05) is 32.2 Å². The number of alkyl carbamates (subject to hydrolysis) is 1. The highest BCUT2D eigenvalue weighted by Gasteiger charge is 2.25. The van der Waals surface area contributed by atoms with Crippen LogP contribution in [0.1, 0.15) is 50.4 Å². The highest BCUT2D eigenvalue weighted by Crippen LogP contribution is 2.45. The number of methoxy groups -OCH3 is 1. The Labute approximate surface area is 315 Å². The van der Waals surface area contributed by atoms with E-state index in [2.05, 4.69) is 17.2 Å². The lowest BCUT2D eigenvalue weighted by molar-refractivity contribution is -0.127. The fourth-order valence-corrected chi connectivity index (χ4v) is 6.17. The van der Waals surface area contributed by atoms with Gasteiger partial charge in [-0.3, -0.25) is 9.59 Å². The third-order valence-corrected chi connectivity index (χ3v) is 8.57. The van der Waals surface area contributed by atoms with Crippen molar-refractivity contribution < 1.29 is 38.1 Å². The molecule has 0 aromatic heterocycles. The topological polar surface area (TPSA) is 129 Å². The van der Waals surface area contributed by atoms with Crippen molar-refractivity contribution in [1.29, 1.82) is 0 Å². The molecular formula is C44H46N2O8. The van der Waals surface area contributed by atoms with Crippen LogP contribution in [0.25, 0.3) is 32.7 Å². The molecule has 2 amide bonds. The van der Waals surface area contributed by atoms with Gasteiger partial charge in [0.25, 0.3) is 0 Å². The third-order valence-electron chi connectivity index (χ3n) is 8.57. The molecule has 10 heteroatoms. The summed E-state index contributed by atoms with van der Waals surface area (Å²) in [5.74, 6) is -0.874. The largest absolute Gasteiger partial charge is 0.489 e. The van der Waals surface area contributed by atoms with Crippen molar-refractivity contribution >= 4 is 51.0 Å². The first kappa shape index (κ1) is 39.1. The van der Waals surface area contributed by atoms with Gasteiger partial charge < -0.3 is 29.6 Å². The summed E-state index contributed by atoms with van der Waals surface area (Å²) >= 11 is 0. The molecule has 0 spiro atoms. The Morgan fingerprint density at radius 3 is 2.04 bits per heavy atom. The Kier molecular flexibility index (Phi) is 13.1. The Balaban J connectivity index is 1.39. The van der Waals surface area contributed by atoms with E-state index in [9.17, 15) is 19.2 Å². The molecule has 0 aliphatic heterocycles. The molecule has 5 aromatic rings. The molecule has 0 bridgehead atoms. The molecular weight excluding hydrogens is 684 g/mol. The third kappa shape index (κ3) is 10.2. The molecule has 280 valence electrons. The molecule has 0 fully saturated rings. The zero-order chi connectivity index (χ0) is 38.7. The molecule has 0 saturated carbocycles. The first-order valence-electron chi connectivity index (χ1n) is 17.9. The van der Waals surface area contributed by atoms with E-state index in [-0.39, 0.29) is 37.3 Å². The standard InChI is InChI=1S/C44H46N2O8/c1-6-25-52-37-22-20-29-13-7-9-18-35(29)39(37)40-36-19-10-8-14-30(36)21-23-38(40)53-28-34(47)27-31(16-12-24-45-43(50)54-44(2,3)4)41(48)46-33-17-11-15-32(26-33)42(49)51-5/h6-11,13-15,17-23,26,31H,1,12,16,24-25,27-28H2,2-5H3,(H,45,50)(H,46,48)/t31-/m0/s1. The van der Waals surface area contributed by atoms with E-state index < -0.39 is 29.5 Å². The molecule has 54 heavy (non-hydrogen) atoms. The molecule has 0 radical (unpaired) electrons. The Morgan fingerprint density at radius 1 is 0.796 bits per heavy atom. The number of benzene rings is 5. The average molecular weight is 731 g/mol. The summed E-state index contributed by atoms with van der Waals surface area (Å²) in [6.45, 7) is 9.38. The zero-order valence-electron chi connectivity index (χ0n) is 31.1. The lowest BCUT2D eigenvalue weighted by Gasteiger charge is -2.21. The number of ketones is 1. The summed E-state index contributed by atoms with van der Waals surface area (Å²) in [7, 11) is 1.28. The summed E-state index contributed by atoms with van der Waals surface area (Å²) in [4.78, 5) is 51.7. The predicted molar refractivity (Wildman–Crippen MR) is 211 cm³/mol. The first-order chi connectivity index (χ1) is 26.0. The number of carbonyl (C=O) groups excluding carboxylic acids is 4. The smallest absolute Gasteiger partial charge is 0.407 e. The maximum Gasteiger partial charge on any atom is 0.407 e. The monoisotopic (exact) mass is 730 g/mol. The maximum atomic E-state index is 13.7. The van der Waals surface area contributed by atoms with Crippen molar-refractivity contribution in [3.05, 3.63) is 115 Å². The van der Waals surface area contributed by atoms with Crippen LogP contribution in [0.2, 0.25) is 0 Å². The van der Waals surface area contributed by atoms with Gasteiger partial charge in [0.15, 0.2) is 5.78 Å². The van der Waals surface area contributed by atoms with Crippen LogP contribution in [0, 0.1) is 5.92 Å². The highest BCUT2D eigenvalue weighted by molar-refractivity contribution is 6.10. The molecule has 10 nitrogen and oxygen atoms in total.